The van der Waals surface area contributed by atoms with Crippen molar-refractivity contribution in [2.45, 2.75) is 73.1 Å². The molecule has 0 heterocycles. The minimum Gasteiger partial charge on any atom is -0.0783 e. The highest BCUT2D eigenvalue weighted by Crippen LogP contribution is 2.34. The summed E-state index contributed by atoms with van der Waals surface area (Å²) in [5, 5.41) is 3.38. The van der Waals surface area contributed by atoms with Crippen molar-refractivity contribution in [2.75, 3.05) is 0 Å². The van der Waals surface area contributed by atoms with Gasteiger partial charge in [-0.3, -0.25) is 0 Å². The molecule has 0 aromatic heterocycles. The van der Waals surface area contributed by atoms with E-state index in [4.69, 9.17) is 0 Å². The normalized spacial score (nSPS) is 16.5. The second kappa shape index (κ2) is 8.68. The maximum Gasteiger partial charge on any atom is 0.0828 e. The van der Waals surface area contributed by atoms with Gasteiger partial charge in [0.2, 0.25) is 0 Å². The summed E-state index contributed by atoms with van der Waals surface area (Å²) in [6.45, 7) is 11.5. The smallest absolute Gasteiger partial charge is 0.0783 e. The minimum absolute atomic E-state index is 0.290. The summed E-state index contributed by atoms with van der Waals surface area (Å²) < 4.78 is 0. The molecule has 0 bridgehead atoms. The Morgan fingerprint density at radius 2 is 1.74 bits per heavy atom. The largest absolute Gasteiger partial charge is 0.0828 e. The van der Waals surface area contributed by atoms with Crippen LogP contribution in [0.25, 0.3) is 0 Å². The first-order valence-corrected chi connectivity index (χ1v) is 10.9. The van der Waals surface area contributed by atoms with Gasteiger partial charge >= 0.3 is 0 Å². The van der Waals surface area contributed by atoms with Crippen molar-refractivity contribution in [3.05, 3.63) is 51.7 Å². The molecule has 1 atom stereocenters. The Kier molecular flexibility index (Phi) is 6.89. The SMILES string of the molecule is CCCCCC1=C(C(C)CC)C=C([SiH2]c2cc(C)cc(C)c2)C1. The molecular formula is C22H34Si. The van der Waals surface area contributed by atoms with E-state index in [-0.39, 0.29) is 9.52 Å². The van der Waals surface area contributed by atoms with Crippen molar-refractivity contribution in [3.8, 4) is 0 Å². The Bertz CT molecular complexity index is 572. The van der Waals surface area contributed by atoms with Gasteiger partial charge in [0.25, 0.3) is 0 Å². The number of hydrogen-bond donors (Lipinski definition) is 0. The van der Waals surface area contributed by atoms with E-state index in [2.05, 4.69) is 58.9 Å². The summed E-state index contributed by atoms with van der Waals surface area (Å²) in [5.74, 6) is 0.734. The Labute approximate surface area is 145 Å². The number of benzene rings is 1. The molecule has 1 aliphatic rings. The highest BCUT2D eigenvalue weighted by Gasteiger charge is 2.19. The predicted molar refractivity (Wildman–Crippen MR) is 107 cm³/mol. The summed E-state index contributed by atoms with van der Waals surface area (Å²) in [7, 11) is -0.290. The Balaban J connectivity index is 2.10. The standard InChI is InChI=1S/C22H34Si/c1-6-8-9-10-19-14-21(15-22(19)18(5)7-2)23-20-12-16(3)11-17(4)13-20/h11-13,15,18H,6-10,14,23H2,1-5H3. The molecule has 1 heteroatoms. The van der Waals surface area contributed by atoms with Crippen LogP contribution in [0.2, 0.25) is 0 Å². The number of hydrogen-bond acceptors (Lipinski definition) is 0. The number of rotatable bonds is 8. The van der Waals surface area contributed by atoms with E-state index >= 15 is 0 Å². The third-order valence-corrected chi connectivity index (χ3v) is 6.87. The zero-order valence-corrected chi connectivity index (χ0v) is 17.3. The number of unbranched alkanes of at least 4 members (excludes halogenated alkanes) is 2. The van der Waals surface area contributed by atoms with E-state index in [0.29, 0.717) is 0 Å². The fourth-order valence-electron chi connectivity index (χ4n) is 3.83. The lowest BCUT2D eigenvalue weighted by molar-refractivity contribution is 0.648. The first-order chi connectivity index (χ1) is 11.0. The zero-order valence-electron chi connectivity index (χ0n) is 15.8. The average Bonchev–Trinajstić information content (AvgIpc) is 2.88. The Morgan fingerprint density at radius 1 is 1.04 bits per heavy atom. The van der Waals surface area contributed by atoms with Gasteiger partial charge in [0, 0.05) is 0 Å². The maximum atomic E-state index is 2.60. The molecule has 23 heavy (non-hydrogen) atoms. The lowest BCUT2D eigenvalue weighted by Crippen LogP contribution is -2.17. The summed E-state index contributed by atoms with van der Waals surface area (Å²) in [5.41, 5.74) is 6.30. The first kappa shape index (κ1) is 18.3. The molecule has 0 nitrogen and oxygen atoms in total. The number of aryl methyl sites for hydroxylation is 2. The molecular weight excluding hydrogens is 292 g/mol. The topological polar surface area (TPSA) is 0 Å². The van der Waals surface area contributed by atoms with Gasteiger partial charge in [-0.15, -0.1) is 0 Å². The van der Waals surface area contributed by atoms with Gasteiger partial charge in [0.05, 0.1) is 9.52 Å². The quantitative estimate of drug-likeness (QED) is 0.449. The van der Waals surface area contributed by atoms with Crippen LogP contribution in [-0.2, 0) is 0 Å². The molecule has 0 spiro atoms. The third kappa shape index (κ3) is 5.21. The Hall–Kier alpha value is -1.08. The average molecular weight is 327 g/mol. The van der Waals surface area contributed by atoms with Gasteiger partial charge in [-0.25, -0.2) is 0 Å². The summed E-state index contributed by atoms with van der Waals surface area (Å²) in [6, 6.07) is 7.12. The van der Waals surface area contributed by atoms with Crippen LogP contribution in [0.4, 0.5) is 0 Å². The van der Waals surface area contributed by atoms with Crippen LogP contribution >= 0.6 is 0 Å². The third-order valence-electron chi connectivity index (χ3n) is 5.15. The molecule has 1 aromatic carbocycles. The molecule has 1 aliphatic carbocycles. The number of allylic oxidation sites excluding steroid dienone is 4. The summed E-state index contributed by atoms with van der Waals surface area (Å²) >= 11 is 0. The molecule has 0 N–H and O–H groups in total. The van der Waals surface area contributed by atoms with Crippen molar-refractivity contribution in [2.24, 2.45) is 5.92 Å². The molecule has 1 unspecified atom stereocenters. The fraction of sp³-hybridized carbons (Fsp3) is 0.545. The second-order valence-corrected chi connectivity index (χ2v) is 9.56. The van der Waals surface area contributed by atoms with E-state index in [0.717, 1.165) is 5.92 Å². The van der Waals surface area contributed by atoms with Crippen LogP contribution in [0.3, 0.4) is 0 Å². The van der Waals surface area contributed by atoms with Crippen molar-refractivity contribution < 1.29 is 0 Å². The molecule has 126 valence electrons. The minimum atomic E-state index is -0.290. The van der Waals surface area contributed by atoms with Crippen molar-refractivity contribution >= 4 is 14.7 Å². The zero-order chi connectivity index (χ0) is 16.8. The highest BCUT2D eigenvalue weighted by molar-refractivity contribution is 6.61. The second-order valence-electron chi connectivity index (χ2n) is 7.48. The molecule has 2 rings (SSSR count). The molecule has 0 radical (unpaired) electrons. The van der Waals surface area contributed by atoms with Crippen LogP contribution in [-0.4, -0.2) is 9.52 Å². The Morgan fingerprint density at radius 3 is 2.35 bits per heavy atom. The van der Waals surface area contributed by atoms with Crippen molar-refractivity contribution in [1.82, 2.24) is 0 Å². The van der Waals surface area contributed by atoms with Gasteiger partial charge in [0.1, 0.15) is 0 Å². The van der Waals surface area contributed by atoms with E-state index < -0.39 is 0 Å². The molecule has 1 aromatic rings. The van der Waals surface area contributed by atoms with E-state index in [1.807, 2.05) is 0 Å². The first-order valence-electron chi connectivity index (χ1n) is 9.52. The van der Waals surface area contributed by atoms with Gasteiger partial charge in [0.15, 0.2) is 0 Å². The van der Waals surface area contributed by atoms with E-state index in [1.165, 1.54) is 49.7 Å². The van der Waals surface area contributed by atoms with Gasteiger partial charge in [-0.2, -0.15) is 0 Å². The monoisotopic (exact) mass is 326 g/mol. The predicted octanol–water partition coefficient (Wildman–Crippen LogP) is 5.31. The van der Waals surface area contributed by atoms with E-state index in [9.17, 15) is 0 Å². The van der Waals surface area contributed by atoms with Crippen LogP contribution in [0, 0.1) is 19.8 Å². The molecule has 0 saturated heterocycles. The van der Waals surface area contributed by atoms with Gasteiger partial charge < -0.3 is 0 Å². The lowest BCUT2D eigenvalue weighted by atomic mass is 9.93. The summed E-state index contributed by atoms with van der Waals surface area (Å²) in [4.78, 5) is 0. The summed E-state index contributed by atoms with van der Waals surface area (Å²) in [6.07, 6.45) is 10.5. The molecule has 0 aliphatic heterocycles. The maximum absolute atomic E-state index is 2.60. The van der Waals surface area contributed by atoms with Crippen molar-refractivity contribution in [3.63, 3.8) is 0 Å². The van der Waals surface area contributed by atoms with Crippen LogP contribution in [0.5, 0.6) is 0 Å². The lowest BCUT2D eigenvalue weighted by Gasteiger charge is -2.12. The molecule has 0 amide bonds. The van der Waals surface area contributed by atoms with Gasteiger partial charge in [-0.1, -0.05) is 85.0 Å². The molecule has 0 saturated carbocycles. The molecule has 0 fully saturated rings. The highest BCUT2D eigenvalue weighted by atomic mass is 28.2. The van der Waals surface area contributed by atoms with E-state index in [1.54, 1.807) is 21.5 Å². The van der Waals surface area contributed by atoms with Crippen LogP contribution < -0.4 is 5.19 Å². The fourth-order valence-corrected chi connectivity index (χ4v) is 5.95. The van der Waals surface area contributed by atoms with Crippen LogP contribution in [0.15, 0.2) is 40.6 Å². The van der Waals surface area contributed by atoms with Crippen LogP contribution in [0.1, 0.15) is 70.4 Å². The van der Waals surface area contributed by atoms with Crippen molar-refractivity contribution in [1.29, 1.82) is 0 Å². The van der Waals surface area contributed by atoms with Gasteiger partial charge in [-0.05, 0) is 51.0 Å².